The van der Waals surface area contributed by atoms with Gasteiger partial charge in [0.2, 0.25) is 0 Å². The van der Waals surface area contributed by atoms with Crippen LogP contribution in [-0.4, -0.2) is 24.3 Å². The van der Waals surface area contributed by atoms with Gasteiger partial charge in [0.1, 0.15) is 0 Å². The van der Waals surface area contributed by atoms with E-state index in [1.165, 1.54) is 62.5 Å². The van der Waals surface area contributed by atoms with Crippen molar-refractivity contribution in [1.29, 1.82) is 0 Å². The summed E-state index contributed by atoms with van der Waals surface area (Å²) in [5.74, 6) is 1.18. The number of aliphatic hydroxyl groups excluding tert-OH is 1. The Bertz CT molecular complexity index is 568. The molecule has 1 aliphatic rings. The van der Waals surface area contributed by atoms with Crippen LogP contribution in [0.1, 0.15) is 81.8 Å². The minimum Gasteiger partial charge on any atom is -0.462 e. The molecule has 0 radical (unpaired) electrons. The molecular weight excluding hydrogens is 336 g/mol. The van der Waals surface area contributed by atoms with Gasteiger partial charge < -0.3 is 9.84 Å². The summed E-state index contributed by atoms with van der Waals surface area (Å²) in [4.78, 5) is 11.4. The fourth-order valence-corrected chi connectivity index (χ4v) is 4.03. The minimum atomic E-state index is -0.502. The van der Waals surface area contributed by atoms with E-state index in [1.807, 2.05) is 0 Å². The van der Waals surface area contributed by atoms with Crippen molar-refractivity contribution in [3.8, 4) is 0 Å². The third-order valence-electron chi connectivity index (χ3n) is 5.84. The van der Waals surface area contributed by atoms with Gasteiger partial charge in [-0.05, 0) is 61.5 Å². The maximum Gasteiger partial charge on any atom is 0.335 e. The van der Waals surface area contributed by atoms with E-state index in [-0.39, 0.29) is 12.2 Å². The number of carbonyl (C=O) groups excluding carboxylic acids is 1. The summed E-state index contributed by atoms with van der Waals surface area (Å²) in [5, 5.41) is 8.84. The van der Waals surface area contributed by atoms with Crippen LogP contribution >= 0.6 is 0 Å². The summed E-state index contributed by atoms with van der Waals surface area (Å²) in [6, 6.07) is 9.02. The van der Waals surface area contributed by atoms with Gasteiger partial charge in [0.25, 0.3) is 0 Å². The van der Waals surface area contributed by atoms with E-state index in [9.17, 15) is 4.79 Å². The number of carbonyl (C=O) groups is 1. The Hall–Kier alpha value is -1.61. The molecule has 0 heterocycles. The Kier molecular flexibility index (Phi) is 9.61. The Labute approximate surface area is 164 Å². The average Bonchev–Trinajstić information content (AvgIpc) is 2.71. The molecule has 27 heavy (non-hydrogen) atoms. The highest BCUT2D eigenvalue weighted by Crippen LogP contribution is 2.37. The highest BCUT2D eigenvalue weighted by Gasteiger charge is 2.21. The smallest absolute Gasteiger partial charge is 0.335 e. The van der Waals surface area contributed by atoms with Crippen molar-refractivity contribution < 1.29 is 14.6 Å². The second kappa shape index (κ2) is 12.0. The SMILES string of the molecule is C=C(CO)C(=O)OCCCc1ccc(C2CCC(CCCCC)CC2)cc1. The number of aliphatic hydroxyl groups is 1. The largest absolute Gasteiger partial charge is 0.462 e. The zero-order chi connectivity index (χ0) is 19.5. The van der Waals surface area contributed by atoms with Crippen molar-refractivity contribution in [3.63, 3.8) is 0 Å². The molecule has 1 aromatic carbocycles. The van der Waals surface area contributed by atoms with Crippen LogP contribution in [0.4, 0.5) is 0 Å². The van der Waals surface area contributed by atoms with Gasteiger partial charge in [-0.15, -0.1) is 0 Å². The molecular formula is C24H36O3. The molecule has 2 rings (SSSR count). The van der Waals surface area contributed by atoms with Gasteiger partial charge in [0.05, 0.1) is 18.8 Å². The number of unbranched alkanes of at least 4 members (excludes halogenated alkanes) is 2. The third kappa shape index (κ3) is 7.50. The molecule has 0 aliphatic heterocycles. The second-order valence-electron chi connectivity index (χ2n) is 7.96. The van der Waals surface area contributed by atoms with Gasteiger partial charge in [-0.1, -0.05) is 63.5 Å². The molecule has 3 heteroatoms. The Morgan fingerprint density at radius 2 is 1.81 bits per heavy atom. The highest BCUT2D eigenvalue weighted by atomic mass is 16.5. The Morgan fingerprint density at radius 3 is 2.44 bits per heavy atom. The van der Waals surface area contributed by atoms with Crippen LogP contribution < -0.4 is 0 Å². The molecule has 0 aromatic heterocycles. The van der Waals surface area contributed by atoms with E-state index >= 15 is 0 Å². The van der Waals surface area contributed by atoms with E-state index in [0.717, 1.165) is 24.7 Å². The molecule has 0 bridgehead atoms. The van der Waals surface area contributed by atoms with E-state index in [2.05, 4.69) is 37.8 Å². The van der Waals surface area contributed by atoms with Crippen molar-refractivity contribution in [2.75, 3.05) is 13.2 Å². The first kappa shape index (κ1) is 21.7. The van der Waals surface area contributed by atoms with Crippen molar-refractivity contribution in [2.45, 2.75) is 77.0 Å². The monoisotopic (exact) mass is 372 g/mol. The lowest BCUT2D eigenvalue weighted by molar-refractivity contribution is -0.139. The van der Waals surface area contributed by atoms with Gasteiger partial charge in [-0.25, -0.2) is 4.79 Å². The molecule has 150 valence electrons. The number of hydrogen-bond donors (Lipinski definition) is 1. The molecule has 0 spiro atoms. The topological polar surface area (TPSA) is 46.5 Å². The Balaban J connectivity index is 1.68. The normalized spacial score (nSPS) is 19.6. The minimum absolute atomic E-state index is 0.111. The summed E-state index contributed by atoms with van der Waals surface area (Å²) < 4.78 is 5.08. The summed E-state index contributed by atoms with van der Waals surface area (Å²) in [6.07, 6.45) is 12.7. The first-order chi connectivity index (χ1) is 13.1. The average molecular weight is 373 g/mol. The molecule has 0 unspecified atom stereocenters. The Morgan fingerprint density at radius 1 is 1.11 bits per heavy atom. The molecule has 0 amide bonds. The molecule has 1 N–H and O–H groups in total. The zero-order valence-electron chi connectivity index (χ0n) is 16.9. The lowest BCUT2D eigenvalue weighted by Crippen LogP contribution is -2.13. The molecule has 0 atom stereocenters. The van der Waals surface area contributed by atoms with Crippen molar-refractivity contribution in [2.24, 2.45) is 5.92 Å². The predicted molar refractivity (Wildman–Crippen MR) is 111 cm³/mol. The van der Waals surface area contributed by atoms with Crippen LogP contribution in [0.3, 0.4) is 0 Å². The van der Waals surface area contributed by atoms with Crippen LogP contribution in [0.5, 0.6) is 0 Å². The molecule has 1 aromatic rings. The van der Waals surface area contributed by atoms with E-state index in [0.29, 0.717) is 6.61 Å². The summed E-state index contributed by atoms with van der Waals surface area (Å²) in [7, 11) is 0. The van der Waals surface area contributed by atoms with Gasteiger partial charge in [-0.3, -0.25) is 0 Å². The molecule has 1 saturated carbocycles. The number of hydrogen-bond acceptors (Lipinski definition) is 3. The van der Waals surface area contributed by atoms with Gasteiger partial charge >= 0.3 is 5.97 Å². The quantitative estimate of drug-likeness (QED) is 0.314. The van der Waals surface area contributed by atoms with Crippen LogP contribution in [0, 0.1) is 5.92 Å². The summed E-state index contributed by atoms with van der Waals surface area (Å²) >= 11 is 0. The fourth-order valence-electron chi connectivity index (χ4n) is 4.03. The highest BCUT2D eigenvalue weighted by molar-refractivity contribution is 5.87. The molecule has 3 nitrogen and oxygen atoms in total. The molecule has 1 aliphatic carbocycles. The number of ether oxygens (including phenoxy) is 1. The lowest BCUT2D eigenvalue weighted by Gasteiger charge is -2.29. The fraction of sp³-hybridized carbons (Fsp3) is 0.625. The van der Waals surface area contributed by atoms with Crippen LogP contribution in [-0.2, 0) is 16.0 Å². The van der Waals surface area contributed by atoms with Crippen molar-refractivity contribution in [3.05, 3.63) is 47.5 Å². The van der Waals surface area contributed by atoms with Crippen molar-refractivity contribution >= 4 is 5.97 Å². The number of rotatable bonds is 11. The van der Waals surface area contributed by atoms with Gasteiger partial charge in [0, 0.05) is 0 Å². The van der Waals surface area contributed by atoms with Crippen molar-refractivity contribution in [1.82, 2.24) is 0 Å². The maximum atomic E-state index is 11.4. The van der Waals surface area contributed by atoms with E-state index < -0.39 is 5.97 Å². The van der Waals surface area contributed by atoms with E-state index in [4.69, 9.17) is 9.84 Å². The van der Waals surface area contributed by atoms with Gasteiger partial charge in [0.15, 0.2) is 0 Å². The number of benzene rings is 1. The molecule has 0 saturated heterocycles. The summed E-state index contributed by atoms with van der Waals surface area (Å²) in [6.45, 7) is 5.76. The number of esters is 1. The standard InChI is InChI=1S/C24H36O3/c1-3-4-5-7-20-9-13-22(14-10-20)23-15-11-21(12-16-23)8-6-17-27-24(26)19(2)18-25/h11-12,15-16,20,22,25H,2-10,13-14,17-18H2,1H3. The third-order valence-corrected chi connectivity index (χ3v) is 5.84. The second-order valence-corrected chi connectivity index (χ2v) is 7.96. The summed E-state index contributed by atoms with van der Waals surface area (Å²) in [5.41, 5.74) is 2.87. The first-order valence-electron chi connectivity index (χ1n) is 10.7. The number of aryl methyl sites for hydroxylation is 1. The maximum absolute atomic E-state index is 11.4. The predicted octanol–water partition coefficient (Wildman–Crippen LogP) is 5.57. The van der Waals surface area contributed by atoms with Crippen LogP contribution in [0.25, 0.3) is 0 Å². The lowest BCUT2D eigenvalue weighted by atomic mass is 9.77. The van der Waals surface area contributed by atoms with Gasteiger partial charge in [-0.2, -0.15) is 0 Å². The van der Waals surface area contributed by atoms with Crippen LogP contribution in [0.2, 0.25) is 0 Å². The molecule has 1 fully saturated rings. The zero-order valence-corrected chi connectivity index (χ0v) is 16.9. The van der Waals surface area contributed by atoms with Crippen LogP contribution in [0.15, 0.2) is 36.4 Å². The van der Waals surface area contributed by atoms with E-state index in [1.54, 1.807) is 0 Å². The first-order valence-corrected chi connectivity index (χ1v) is 10.7.